The van der Waals surface area contributed by atoms with Crippen molar-refractivity contribution in [3.63, 3.8) is 0 Å². The molecule has 1 saturated heterocycles. The van der Waals surface area contributed by atoms with Gasteiger partial charge in [0, 0.05) is 42.5 Å². The molecule has 0 saturated carbocycles. The van der Waals surface area contributed by atoms with E-state index in [0.717, 1.165) is 0 Å². The van der Waals surface area contributed by atoms with Gasteiger partial charge in [-0.1, -0.05) is 0 Å². The smallest absolute Gasteiger partial charge is 0.343 e. The van der Waals surface area contributed by atoms with Crippen LogP contribution in [0.1, 0.15) is 19.8 Å². The predicted octanol–water partition coefficient (Wildman–Crippen LogP) is 2.75. The number of nitro groups is 1. The van der Waals surface area contributed by atoms with Gasteiger partial charge in [-0.2, -0.15) is 0 Å². The van der Waals surface area contributed by atoms with Crippen LogP contribution < -0.4 is 0 Å². The van der Waals surface area contributed by atoms with Gasteiger partial charge in [0.2, 0.25) is 5.67 Å². The zero-order chi connectivity index (χ0) is 17.9. The summed E-state index contributed by atoms with van der Waals surface area (Å²) in [6.45, 7) is 1.95. The summed E-state index contributed by atoms with van der Waals surface area (Å²) in [6.07, 6.45) is -0.218. The van der Waals surface area contributed by atoms with Crippen LogP contribution in [0.2, 0.25) is 0 Å². The number of alkyl halides is 1. The summed E-state index contributed by atoms with van der Waals surface area (Å²) in [6, 6.07) is 3.94. The first-order chi connectivity index (χ1) is 11.3. The number of halogens is 2. The molecular weight excluding hydrogens is 407 g/mol. The van der Waals surface area contributed by atoms with Crippen molar-refractivity contribution >= 4 is 38.6 Å². The van der Waals surface area contributed by atoms with E-state index in [-0.39, 0.29) is 38.2 Å². The molecule has 1 aliphatic heterocycles. The molecule has 7 nitrogen and oxygen atoms in total. The molecule has 1 aliphatic rings. The first-order valence-corrected chi connectivity index (χ1v) is 9.15. The summed E-state index contributed by atoms with van der Waals surface area (Å²) in [4.78, 5) is 22.2. The predicted molar refractivity (Wildman–Crippen MR) is 88.5 cm³/mol. The van der Waals surface area contributed by atoms with Crippen LogP contribution in [-0.2, 0) is 20.5 Å². The molecule has 1 fully saturated rings. The molecule has 1 aromatic rings. The lowest BCUT2D eigenvalue weighted by Gasteiger charge is -2.33. The Morgan fingerprint density at radius 3 is 2.62 bits per heavy atom. The Bertz CT molecular complexity index is 679. The number of rotatable bonds is 5. The number of piperidine rings is 1. The van der Waals surface area contributed by atoms with E-state index >= 15 is 0 Å². The molecular formula is C14H16BrFN2O5S. The van der Waals surface area contributed by atoms with Crippen LogP contribution in [0.4, 0.5) is 10.1 Å². The third kappa shape index (κ3) is 3.98. The largest absolute Gasteiger partial charge is 0.464 e. The Morgan fingerprint density at radius 2 is 2.12 bits per heavy atom. The molecule has 1 atom stereocenters. The maximum atomic E-state index is 14.5. The van der Waals surface area contributed by atoms with Crippen LogP contribution in [0.5, 0.6) is 0 Å². The van der Waals surface area contributed by atoms with Gasteiger partial charge in [0.25, 0.3) is 5.69 Å². The molecule has 10 heteroatoms. The van der Waals surface area contributed by atoms with Gasteiger partial charge in [0.05, 0.1) is 16.4 Å². The van der Waals surface area contributed by atoms with Gasteiger partial charge < -0.3 is 4.74 Å². The van der Waals surface area contributed by atoms with E-state index in [1.807, 2.05) is 0 Å². The van der Waals surface area contributed by atoms with Crippen molar-refractivity contribution < 1.29 is 23.1 Å². The Labute approximate surface area is 149 Å². The van der Waals surface area contributed by atoms with Crippen molar-refractivity contribution in [1.29, 1.82) is 0 Å². The van der Waals surface area contributed by atoms with Crippen molar-refractivity contribution in [3.05, 3.63) is 32.8 Å². The number of benzene rings is 1. The van der Waals surface area contributed by atoms with Gasteiger partial charge in [-0.25, -0.2) is 17.7 Å². The number of nitro benzene ring substituents is 1. The van der Waals surface area contributed by atoms with E-state index in [0.29, 0.717) is 9.37 Å². The van der Waals surface area contributed by atoms with Crippen molar-refractivity contribution in [2.24, 2.45) is 0 Å². The highest BCUT2D eigenvalue weighted by atomic mass is 79.9. The molecule has 0 radical (unpaired) electrons. The number of hydrogen-bond donors (Lipinski definition) is 0. The highest BCUT2D eigenvalue weighted by Gasteiger charge is 2.44. The minimum atomic E-state index is -2.05. The number of carbonyl (C=O) groups excluding carboxylic acids is 1. The average Bonchev–Trinajstić information content (AvgIpc) is 2.55. The van der Waals surface area contributed by atoms with E-state index in [9.17, 15) is 23.5 Å². The molecule has 0 amide bonds. The number of nitrogens with zero attached hydrogens (tertiary/aromatic N) is 2. The first-order valence-electron chi connectivity index (χ1n) is 7.25. The molecule has 1 heterocycles. The van der Waals surface area contributed by atoms with Crippen molar-refractivity contribution in [2.75, 3.05) is 19.7 Å². The zero-order valence-corrected chi connectivity index (χ0v) is 15.3. The minimum Gasteiger partial charge on any atom is -0.464 e. The highest BCUT2D eigenvalue weighted by Crippen LogP contribution is 2.32. The second kappa shape index (κ2) is 7.66. The van der Waals surface area contributed by atoms with Crippen LogP contribution in [0.3, 0.4) is 0 Å². The lowest BCUT2D eigenvalue weighted by molar-refractivity contribution is -0.385. The molecule has 0 spiro atoms. The molecule has 132 valence electrons. The minimum absolute atomic E-state index is 0.107. The third-order valence-corrected chi connectivity index (χ3v) is 6.19. The molecule has 0 bridgehead atoms. The second-order valence-corrected chi connectivity index (χ2v) is 7.54. The fourth-order valence-electron chi connectivity index (χ4n) is 2.36. The summed E-state index contributed by atoms with van der Waals surface area (Å²) < 4.78 is 33.8. The van der Waals surface area contributed by atoms with Gasteiger partial charge in [-0.05, 0) is 28.9 Å². The van der Waals surface area contributed by atoms with E-state index < -0.39 is 27.5 Å². The maximum absolute atomic E-state index is 14.5. The number of ether oxygens (including phenoxy) is 1. The van der Waals surface area contributed by atoms with Crippen molar-refractivity contribution in [3.8, 4) is 0 Å². The molecule has 0 aromatic heterocycles. The number of carbonyl (C=O) groups is 1. The van der Waals surface area contributed by atoms with E-state index in [2.05, 4.69) is 15.9 Å². The maximum Gasteiger partial charge on any atom is 0.343 e. The third-order valence-electron chi connectivity index (χ3n) is 3.71. The Balaban J connectivity index is 2.08. The normalized spacial score (nSPS) is 18.8. The van der Waals surface area contributed by atoms with Crippen LogP contribution in [-0.4, -0.2) is 44.8 Å². The SMILES string of the molecule is CCOC(=O)C1(F)CCN(S(=O)c2ccc([N+](=O)[O-])cc2Br)CC1. The molecule has 2 rings (SSSR count). The monoisotopic (exact) mass is 422 g/mol. The summed E-state index contributed by atoms with van der Waals surface area (Å²) in [5.41, 5.74) is -2.17. The van der Waals surface area contributed by atoms with E-state index in [1.165, 1.54) is 22.5 Å². The summed E-state index contributed by atoms with van der Waals surface area (Å²) >= 11 is 3.18. The zero-order valence-electron chi connectivity index (χ0n) is 12.9. The van der Waals surface area contributed by atoms with Crippen molar-refractivity contribution in [2.45, 2.75) is 30.3 Å². The molecule has 24 heavy (non-hydrogen) atoms. The second-order valence-electron chi connectivity index (χ2n) is 5.24. The van der Waals surface area contributed by atoms with Gasteiger partial charge in [-0.15, -0.1) is 0 Å². The quantitative estimate of drug-likeness (QED) is 0.413. The number of hydrogen-bond acceptors (Lipinski definition) is 5. The van der Waals surface area contributed by atoms with Crippen LogP contribution in [0.15, 0.2) is 27.6 Å². The molecule has 1 aromatic carbocycles. The fraction of sp³-hybridized carbons (Fsp3) is 0.500. The van der Waals surface area contributed by atoms with Crippen LogP contribution in [0.25, 0.3) is 0 Å². The Kier molecular flexibility index (Phi) is 6.05. The van der Waals surface area contributed by atoms with Crippen LogP contribution in [0, 0.1) is 10.1 Å². The topological polar surface area (TPSA) is 89.8 Å². The first kappa shape index (κ1) is 18.9. The highest BCUT2D eigenvalue weighted by molar-refractivity contribution is 9.10. The van der Waals surface area contributed by atoms with Crippen molar-refractivity contribution in [1.82, 2.24) is 4.31 Å². The lowest BCUT2D eigenvalue weighted by atomic mass is 9.95. The number of esters is 1. The number of non-ortho nitro benzene ring substituents is 1. The summed E-state index contributed by atoms with van der Waals surface area (Å²) in [5.74, 6) is -0.882. The standard InChI is InChI=1S/C14H16BrFN2O5S/c1-2-23-13(19)14(16)5-7-17(8-6-14)24(22)12-4-3-10(18(20)21)9-11(12)15/h3-4,9H,2,5-8H2,1H3. The fourth-order valence-corrected chi connectivity index (χ4v) is 4.34. The van der Waals surface area contributed by atoms with Gasteiger partial charge in [-0.3, -0.25) is 10.1 Å². The summed E-state index contributed by atoms with van der Waals surface area (Å²) in [5, 5.41) is 10.7. The van der Waals surface area contributed by atoms with Gasteiger partial charge in [0.15, 0.2) is 0 Å². The Morgan fingerprint density at radius 1 is 1.50 bits per heavy atom. The molecule has 1 unspecified atom stereocenters. The lowest BCUT2D eigenvalue weighted by Crippen LogP contribution is -2.47. The van der Waals surface area contributed by atoms with E-state index in [4.69, 9.17) is 4.74 Å². The Hall–Kier alpha value is -1.39. The average molecular weight is 423 g/mol. The summed E-state index contributed by atoms with van der Waals surface area (Å²) in [7, 11) is -1.61. The van der Waals surface area contributed by atoms with Gasteiger partial charge in [0.1, 0.15) is 11.0 Å². The molecule has 0 aliphatic carbocycles. The molecule has 0 N–H and O–H groups in total. The van der Waals surface area contributed by atoms with E-state index in [1.54, 1.807) is 6.92 Å². The van der Waals surface area contributed by atoms with Gasteiger partial charge >= 0.3 is 5.97 Å². The van der Waals surface area contributed by atoms with Crippen LogP contribution >= 0.6 is 15.9 Å².